The van der Waals surface area contributed by atoms with Crippen LogP contribution < -0.4 is 5.32 Å². The van der Waals surface area contributed by atoms with E-state index in [9.17, 15) is 0 Å². The maximum atomic E-state index is 5.37. The van der Waals surface area contributed by atoms with Crippen LogP contribution in [0.1, 0.15) is 19.8 Å². The minimum absolute atomic E-state index is 0. The lowest BCUT2D eigenvalue weighted by Gasteiger charge is -2.39. The Morgan fingerprint density at radius 1 is 1.12 bits per heavy atom. The number of hydrogen-bond acceptors (Lipinski definition) is 3. The summed E-state index contributed by atoms with van der Waals surface area (Å²) < 4.78 is 5.37. The van der Waals surface area contributed by atoms with E-state index >= 15 is 0 Å². The molecule has 0 atom stereocenters. The van der Waals surface area contributed by atoms with E-state index in [0.717, 1.165) is 26.3 Å². The van der Waals surface area contributed by atoms with Gasteiger partial charge in [0, 0.05) is 19.6 Å². The van der Waals surface area contributed by atoms with Crippen molar-refractivity contribution < 1.29 is 4.74 Å². The molecule has 0 bridgehead atoms. The van der Waals surface area contributed by atoms with E-state index in [1.807, 2.05) is 0 Å². The van der Waals surface area contributed by atoms with Gasteiger partial charge in [-0.15, -0.1) is 24.8 Å². The summed E-state index contributed by atoms with van der Waals surface area (Å²) in [6.07, 6.45) is 2.65. The van der Waals surface area contributed by atoms with Crippen molar-refractivity contribution in [3.63, 3.8) is 0 Å². The number of hydrogen-bond donors (Lipinski definition) is 1. The Morgan fingerprint density at radius 3 is 2.25 bits per heavy atom. The molecule has 2 heterocycles. The molecule has 0 spiro atoms. The second-order valence-electron chi connectivity index (χ2n) is 4.95. The number of nitrogens with zero attached hydrogens (tertiary/aromatic N) is 1. The fourth-order valence-electron chi connectivity index (χ4n) is 2.49. The Balaban J connectivity index is 0.00000112. The predicted octanol–water partition coefficient (Wildman–Crippen LogP) is 1.55. The molecule has 2 fully saturated rings. The smallest absolute Gasteiger partial charge is 0.0594 e. The normalized spacial score (nSPS) is 25.3. The zero-order valence-electron chi connectivity index (χ0n) is 10.0. The van der Waals surface area contributed by atoms with Gasteiger partial charge in [0.2, 0.25) is 0 Å². The van der Waals surface area contributed by atoms with E-state index in [1.165, 1.54) is 32.5 Å². The van der Waals surface area contributed by atoms with Crippen LogP contribution in [0.15, 0.2) is 0 Å². The van der Waals surface area contributed by atoms with Crippen LogP contribution >= 0.6 is 24.8 Å². The second kappa shape index (κ2) is 7.72. The van der Waals surface area contributed by atoms with Crippen LogP contribution in [0.5, 0.6) is 0 Å². The van der Waals surface area contributed by atoms with Crippen molar-refractivity contribution in [2.45, 2.75) is 19.8 Å². The van der Waals surface area contributed by atoms with Gasteiger partial charge in [0.15, 0.2) is 0 Å². The average molecular weight is 271 g/mol. The molecule has 2 aliphatic rings. The molecule has 0 aromatic carbocycles. The van der Waals surface area contributed by atoms with Crippen LogP contribution in [0.4, 0.5) is 0 Å². The Morgan fingerprint density at radius 2 is 1.69 bits per heavy atom. The van der Waals surface area contributed by atoms with Gasteiger partial charge in [0.25, 0.3) is 0 Å². The third-order valence-electron chi connectivity index (χ3n) is 3.52. The van der Waals surface area contributed by atoms with Crippen LogP contribution in [0.25, 0.3) is 0 Å². The minimum Gasteiger partial charge on any atom is -0.379 e. The molecule has 2 saturated heterocycles. The third-order valence-corrected chi connectivity index (χ3v) is 3.52. The molecule has 2 aliphatic heterocycles. The first-order valence-electron chi connectivity index (χ1n) is 5.79. The van der Waals surface area contributed by atoms with E-state index in [1.54, 1.807) is 0 Å². The van der Waals surface area contributed by atoms with Gasteiger partial charge >= 0.3 is 0 Å². The quantitative estimate of drug-likeness (QED) is 0.824. The Bertz CT molecular complexity index is 181. The minimum atomic E-state index is 0. The zero-order valence-corrected chi connectivity index (χ0v) is 11.7. The molecular weight excluding hydrogens is 247 g/mol. The first-order chi connectivity index (χ1) is 6.79. The first-order valence-corrected chi connectivity index (χ1v) is 5.79. The maximum Gasteiger partial charge on any atom is 0.0594 e. The Hall–Kier alpha value is 0.460. The molecule has 0 unspecified atom stereocenters. The van der Waals surface area contributed by atoms with Gasteiger partial charge < -0.3 is 10.1 Å². The number of rotatable bonds is 2. The number of ether oxygens (including phenoxy) is 1. The molecule has 98 valence electrons. The van der Waals surface area contributed by atoms with E-state index in [4.69, 9.17) is 4.74 Å². The highest BCUT2D eigenvalue weighted by Gasteiger charge is 2.29. The van der Waals surface area contributed by atoms with E-state index < -0.39 is 0 Å². The molecule has 3 nitrogen and oxygen atoms in total. The van der Waals surface area contributed by atoms with Gasteiger partial charge in [0.05, 0.1) is 13.2 Å². The third kappa shape index (κ3) is 4.76. The summed E-state index contributed by atoms with van der Waals surface area (Å²) in [5.41, 5.74) is 0.544. The molecule has 0 amide bonds. The number of halogens is 2. The fraction of sp³-hybridized carbons (Fsp3) is 1.00. The number of piperidine rings is 1. The lowest BCUT2D eigenvalue weighted by molar-refractivity contribution is 0.0130. The number of nitrogens with one attached hydrogen (secondary N) is 1. The van der Waals surface area contributed by atoms with Gasteiger partial charge in [0.1, 0.15) is 0 Å². The van der Waals surface area contributed by atoms with Gasteiger partial charge in [-0.2, -0.15) is 0 Å². The summed E-state index contributed by atoms with van der Waals surface area (Å²) in [6.45, 7) is 10.2. The largest absolute Gasteiger partial charge is 0.379 e. The highest BCUT2D eigenvalue weighted by atomic mass is 35.5. The van der Waals surface area contributed by atoms with Crippen molar-refractivity contribution in [2.24, 2.45) is 5.41 Å². The zero-order chi connectivity index (χ0) is 9.86. The summed E-state index contributed by atoms with van der Waals surface area (Å²) in [6, 6.07) is 0. The average Bonchev–Trinajstić information content (AvgIpc) is 2.19. The standard InChI is InChI=1S/C11H22N2O.2ClH/c1-11(2-4-12-5-3-11)10-13-6-8-14-9-7-13;;/h12H,2-10H2,1H3;2*1H. The van der Waals surface area contributed by atoms with Crippen LogP contribution in [0.3, 0.4) is 0 Å². The van der Waals surface area contributed by atoms with Gasteiger partial charge in [-0.05, 0) is 31.3 Å². The van der Waals surface area contributed by atoms with Crippen molar-refractivity contribution in [3.8, 4) is 0 Å². The Labute approximate surface area is 111 Å². The molecular formula is C11H24Cl2N2O. The maximum absolute atomic E-state index is 5.37. The van der Waals surface area contributed by atoms with Crippen molar-refractivity contribution >= 4 is 24.8 Å². The molecule has 1 N–H and O–H groups in total. The Kier molecular flexibility index (Phi) is 7.94. The lowest BCUT2D eigenvalue weighted by atomic mass is 9.80. The summed E-state index contributed by atoms with van der Waals surface area (Å²) >= 11 is 0. The molecule has 5 heteroatoms. The van der Waals surface area contributed by atoms with Gasteiger partial charge in [-0.1, -0.05) is 6.92 Å². The lowest BCUT2D eigenvalue weighted by Crippen LogP contribution is -2.46. The second-order valence-corrected chi connectivity index (χ2v) is 4.95. The van der Waals surface area contributed by atoms with E-state index in [0.29, 0.717) is 5.41 Å². The molecule has 0 aliphatic carbocycles. The van der Waals surface area contributed by atoms with Crippen molar-refractivity contribution in [3.05, 3.63) is 0 Å². The van der Waals surface area contributed by atoms with Crippen LogP contribution in [0.2, 0.25) is 0 Å². The summed E-state index contributed by atoms with van der Waals surface area (Å²) in [4.78, 5) is 2.56. The molecule has 0 radical (unpaired) electrons. The van der Waals surface area contributed by atoms with E-state index in [2.05, 4.69) is 17.1 Å². The fourth-order valence-corrected chi connectivity index (χ4v) is 2.49. The van der Waals surface area contributed by atoms with E-state index in [-0.39, 0.29) is 24.8 Å². The van der Waals surface area contributed by atoms with Gasteiger partial charge in [-0.3, -0.25) is 4.90 Å². The number of morpholine rings is 1. The summed E-state index contributed by atoms with van der Waals surface area (Å²) in [7, 11) is 0. The molecule has 16 heavy (non-hydrogen) atoms. The van der Waals surface area contributed by atoms with Crippen LogP contribution in [-0.2, 0) is 4.74 Å². The molecule has 0 aromatic heterocycles. The van der Waals surface area contributed by atoms with Crippen LogP contribution in [-0.4, -0.2) is 50.8 Å². The molecule has 2 rings (SSSR count). The van der Waals surface area contributed by atoms with Crippen molar-refractivity contribution in [2.75, 3.05) is 45.9 Å². The predicted molar refractivity (Wildman–Crippen MR) is 72.0 cm³/mol. The molecule has 0 aromatic rings. The van der Waals surface area contributed by atoms with Crippen LogP contribution in [0, 0.1) is 5.41 Å². The van der Waals surface area contributed by atoms with Crippen molar-refractivity contribution in [1.29, 1.82) is 0 Å². The topological polar surface area (TPSA) is 24.5 Å². The highest BCUT2D eigenvalue weighted by Crippen LogP contribution is 2.29. The highest BCUT2D eigenvalue weighted by molar-refractivity contribution is 5.85. The SMILES string of the molecule is CC1(CN2CCOCC2)CCNCC1.Cl.Cl. The summed E-state index contributed by atoms with van der Waals surface area (Å²) in [5, 5.41) is 3.43. The monoisotopic (exact) mass is 270 g/mol. The first kappa shape index (κ1) is 16.5. The van der Waals surface area contributed by atoms with Crippen molar-refractivity contribution in [1.82, 2.24) is 10.2 Å². The van der Waals surface area contributed by atoms with Gasteiger partial charge in [-0.25, -0.2) is 0 Å². The summed E-state index contributed by atoms with van der Waals surface area (Å²) in [5.74, 6) is 0. The molecule has 0 saturated carbocycles.